The van der Waals surface area contributed by atoms with E-state index in [9.17, 15) is 24.3 Å². The average Bonchev–Trinajstić information content (AvgIpc) is 2.79. The van der Waals surface area contributed by atoms with E-state index in [4.69, 9.17) is 5.53 Å². The summed E-state index contributed by atoms with van der Waals surface area (Å²) < 4.78 is 0. The predicted octanol–water partition coefficient (Wildman–Crippen LogP) is 3.20. The molecule has 11 nitrogen and oxygen atoms in total. The molecule has 1 aromatic rings. The summed E-state index contributed by atoms with van der Waals surface area (Å²) in [6.07, 6.45) is 0.347. The van der Waals surface area contributed by atoms with Gasteiger partial charge in [-0.2, -0.15) is 0 Å². The number of carbonyl (C=O) groups is 4. The van der Waals surface area contributed by atoms with E-state index in [1.807, 2.05) is 19.9 Å². The van der Waals surface area contributed by atoms with Crippen LogP contribution in [-0.2, 0) is 25.6 Å². The average molecular weight is 517 g/mol. The fourth-order valence-corrected chi connectivity index (χ4v) is 3.72. The summed E-state index contributed by atoms with van der Waals surface area (Å²) in [7, 11) is 0. The van der Waals surface area contributed by atoms with Gasteiger partial charge in [-0.3, -0.25) is 14.4 Å². The van der Waals surface area contributed by atoms with Crippen molar-refractivity contribution in [3.05, 3.63) is 46.3 Å². The van der Waals surface area contributed by atoms with Gasteiger partial charge in [-0.1, -0.05) is 83.9 Å². The molecule has 0 unspecified atom stereocenters. The second-order valence-electron chi connectivity index (χ2n) is 11.0. The van der Waals surface area contributed by atoms with Crippen LogP contribution >= 0.6 is 0 Å². The zero-order valence-electron chi connectivity index (χ0n) is 22.7. The van der Waals surface area contributed by atoms with Crippen molar-refractivity contribution in [2.24, 2.45) is 22.4 Å². The van der Waals surface area contributed by atoms with E-state index in [1.54, 1.807) is 58.9 Å². The molecular formula is C26H40N6O5. The predicted molar refractivity (Wildman–Crippen MR) is 140 cm³/mol. The Kier molecular flexibility index (Phi) is 12.1. The normalized spacial score (nSPS) is 14.6. The van der Waals surface area contributed by atoms with Crippen LogP contribution in [0, 0.1) is 17.3 Å². The van der Waals surface area contributed by atoms with E-state index in [2.05, 4.69) is 26.0 Å². The molecule has 0 aliphatic carbocycles. The maximum absolute atomic E-state index is 13.3. The van der Waals surface area contributed by atoms with Gasteiger partial charge in [0.2, 0.25) is 17.7 Å². The van der Waals surface area contributed by atoms with Gasteiger partial charge in [-0.15, -0.1) is 0 Å². The summed E-state index contributed by atoms with van der Waals surface area (Å²) in [5, 5.41) is 21.1. The lowest BCUT2D eigenvalue weighted by molar-refractivity contribution is -0.142. The molecule has 0 spiro atoms. The van der Waals surface area contributed by atoms with E-state index >= 15 is 0 Å². The molecule has 0 aliphatic rings. The lowest BCUT2D eigenvalue weighted by atomic mass is 9.86. The number of rotatable bonds is 13. The number of amides is 3. The fourth-order valence-electron chi connectivity index (χ4n) is 3.72. The zero-order valence-corrected chi connectivity index (χ0v) is 22.7. The molecule has 0 aromatic heterocycles. The van der Waals surface area contributed by atoms with Crippen LogP contribution in [0.4, 0.5) is 0 Å². The van der Waals surface area contributed by atoms with Crippen LogP contribution in [0.2, 0.25) is 0 Å². The molecular weight excluding hydrogens is 476 g/mol. The molecule has 11 heteroatoms. The van der Waals surface area contributed by atoms with Crippen molar-refractivity contribution in [2.75, 3.05) is 0 Å². The number of hydrogen-bond acceptors (Lipinski definition) is 5. The number of nitrogens with one attached hydrogen (secondary N) is 3. The molecule has 0 aliphatic heterocycles. The van der Waals surface area contributed by atoms with Gasteiger partial charge in [0.15, 0.2) is 0 Å². The number of azide groups is 1. The Morgan fingerprint density at radius 1 is 0.919 bits per heavy atom. The third-order valence-electron chi connectivity index (χ3n) is 5.72. The summed E-state index contributed by atoms with van der Waals surface area (Å²) in [4.78, 5) is 53.9. The zero-order chi connectivity index (χ0) is 28.3. The first-order valence-electron chi connectivity index (χ1n) is 12.4. The van der Waals surface area contributed by atoms with Gasteiger partial charge in [0, 0.05) is 11.3 Å². The standard InChI is InChI=1S/C26H40N6O5/c1-15(2)13-19(25(36)37)29-22(33)18(14-17-11-9-8-10-12-17)28-23(34)20(16(3)4)30-24(35)21(31-32-27)26(5,6)7/h8-12,15-16,18-21H,13-14H2,1-7H3,(H,28,34)(H,29,33)(H,30,35)(H,36,37)/t18-,19+,20+,21-/m1/s1. The van der Waals surface area contributed by atoms with Crippen molar-refractivity contribution in [1.82, 2.24) is 16.0 Å². The van der Waals surface area contributed by atoms with Gasteiger partial charge in [0.05, 0.1) is 0 Å². The molecule has 0 saturated carbocycles. The molecule has 3 amide bonds. The van der Waals surface area contributed by atoms with Crippen molar-refractivity contribution >= 4 is 23.7 Å². The van der Waals surface area contributed by atoms with Crippen molar-refractivity contribution in [2.45, 2.75) is 85.5 Å². The molecule has 0 radical (unpaired) electrons. The lowest BCUT2D eigenvalue weighted by Gasteiger charge is -2.30. The van der Waals surface area contributed by atoms with Crippen LogP contribution in [0.15, 0.2) is 35.4 Å². The molecule has 0 bridgehead atoms. The molecule has 4 N–H and O–H groups in total. The van der Waals surface area contributed by atoms with Gasteiger partial charge >= 0.3 is 5.97 Å². The van der Waals surface area contributed by atoms with Crippen LogP contribution in [0.5, 0.6) is 0 Å². The quantitative estimate of drug-likeness (QED) is 0.179. The third-order valence-corrected chi connectivity index (χ3v) is 5.72. The highest BCUT2D eigenvalue weighted by molar-refractivity contribution is 5.94. The largest absolute Gasteiger partial charge is 0.480 e. The van der Waals surface area contributed by atoms with Crippen molar-refractivity contribution < 1.29 is 24.3 Å². The van der Waals surface area contributed by atoms with Gasteiger partial charge in [0.25, 0.3) is 0 Å². The molecule has 1 rings (SSSR count). The van der Waals surface area contributed by atoms with E-state index in [0.29, 0.717) is 0 Å². The highest BCUT2D eigenvalue weighted by atomic mass is 16.4. The minimum Gasteiger partial charge on any atom is -0.480 e. The number of hydrogen-bond donors (Lipinski definition) is 4. The number of carbonyl (C=O) groups excluding carboxylic acids is 3. The highest BCUT2D eigenvalue weighted by Gasteiger charge is 2.35. The summed E-state index contributed by atoms with van der Waals surface area (Å²) in [5.74, 6) is -3.35. The first-order chi connectivity index (χ1) is 17.2. The summed E-state index contributed by atoms with van der Waals surface area (Å²) in [6, 6.07) is 4.73. The second kappa shape index (κ2) is 14.2. The second-order valence-corrected chi connectivity index (χ2v) is 11.0. The van der Waals surface area contributed by atoms with E-state index in [0.717, 1.165) is 5.56 Å². The van der Waals surface area contributed by atoms with Crippen LogP contribution in [-0.4, -0.2) is 53.0 Å². The van der Waals surface area contributed by atoms with Crippen LogP contribution in [0.25, 0.3) is 10.4 Å². The molecule has 0 heterocycles. The SMILES string of the molecule is CC(C)C[C@H](NC(=O)[C@@H](Cc1ccccc1)NC(=O)[C@@H](NC(=O)[C@@H](N=[N+]=[N-])C(C)(C)C)C(C)C)C(=O)O. The Labute approximate surface area is 218 Å². The van der Waals surface area contributed by atoms with Crippen molar-refractivity contribution in [3.63, 3.8) is 0 Å². The highest BCUT2D eigenvalue weighted by Crippen LogP contribution is 2.23. The molecule has 204 valence electrons. The Bertz CT molecular complexity index is 983. The molecule has 1 aromatic carbocycles. The Balaban J connectivity index is 3.20. The summed E-state index contributed by atoms with van der Waals surface area (Å²) in [6.45, 7) is 12.4. The molecule has 0 fully saturated rings. The first kappa shape index (κ1) is 31.4. The molecule has 0 saturated heterocycles. The Morgan fingerprint density at radius 2 is 1.49 bits per heavy atom. The number of nitrogens with zero attached hydrogens (tertiary/aromatic N) is 3. The maximum Gasteiger partial charge on any atom is 0.326 e. The van der Waals surface area contributed by atoms with Crippen LogP contribution in [0.3, 0.4) is 0 Å². The number of carboxylic acid groups (broad SMARTS) is 1. The summed E-state index contributed by atoms with van der Waals surface area (Å²) in [5.41, 5.74) is 8.98. The van der Waals surface area contributed by atoms with Crippen molar-refractivity contribution in [3.8, 4) is 0 Å². The fraction of sp³-hybridized carbons (Fsp3) is 0.615. The van der Waals surface area contributed by atoms with Gasteiger partial charge < -0.3 is 21.1 Å². The lowest BCUT2D eigenvalue weighted by Crippen LogP contribution is -2.58. The third kappa shape index (κ3) is 10.5. The Morgan fingerprint density at radius 3 is 1.95 bits per heavy atom. The van der Waals surface area contributed by atoms with Crippen molar-refractivity contribution in [1.29, 1.82) is 0 Å². The minimum absolute atomic E-state index is 0.0240. The van der Waals surface area contributed by atoms with Gasteiger partial charge in [0.1, 0.15) is 24.2 Å². The van der Waals surface area contributed by atoms with Crippen LogP contribution in [0.1, 0.15) is 60.5 Å². The first-order valence-corrected chi connectivity index (χ1v) is 12.4. The topological polar surface area (TPSA) is 173 Å². The summed E-state index contributed by atoms with van der Waals surface area (Å²) >= 11 is 0. The molecule has 37 heavy (non-hydrogen) atoms. The molecule has 4 atom stereocenters. The number of carboxylic acids is 1. The van der Waals surface area contributed by atoms with Crippen LogP contribution < -0.4 is 16.0 Å². The van der Waals surface area contributed by atoms with E-state index < -0.39 is 53.3 Å². The number of aliphatic carboxylic acids is 1. The smallest absolute Gasteiger partial charge is 0.326 e. The Hall–Kier alpha value is -3.59. The van der Waals surface area contributed by atoms with E-state index in [1.165, 1.54) is 0 Å². The van der Waals surface area contributed by atoms with Gasteiger partial charge in [-0.25, -0.2) is 4.79 Å². The van der Waals surface area contributed by atoms with E-state index in [-0.39, 0.29) is 24.7 Å². The maximum atomic E-state index is 13.3. The number of benzene rings is 1. The minimum atomic E-state index is -1.16. The van der Waals surface area contributed by atoms with Gasteiger partial charge in [-0.05, 0) is 34.8 Å². The monoisotopic (exact) mass is 516 g/mol.